The highest BCUT2D eigenvalue weighted by molar-refractivity contribution is 5.83. The van der Waals surface area contributed by atoms with Crippen LogP contribution in [0.5, 0.6) is 0 Å². The van der Waals surface area contributed by atoms with Crippen molar-refractivity contribution in [2.75, 3.05) is 7.05 Å². The molecule has 0 spiro atoms. The Labute approximate surface area is 221 Å². The lowest BCUT2D eigenvalue weighted by Crippen LogP contribution is -2.69. The third kappa shape index (κ3) is 3.44. The second kappa shape index (κ2) is 8.66. The smallest absolute Gasteiger partial charge is 0.339 e. The number of hydrogen-bond donors (Lipinski definition) is 1. The van der Waals surface area contributed by atoms with Crippen LogP contribution in [0.4, 0.5) is 0 Å². The van der Waals surface area contributed by atoms with Gasteiger partial charge in [-0.3, -0.25) is 4.79 Å². The molecular weight excluding hydrogens is 456 g/mol. The molecule has 1 heterocycles. The van der Waals surface area contributed by atoms with E-state index < -0.39 is 0 Å². The molecule has 2 aromatic carbocycles. The average molecular weight is 498 g/mol. The minimum absolute atomic E-state index is 0.00837. The van der Waals surface area contributed by atoms with Gasteiger partial charge in [-0.2, -0.15) is 0 Å². The number of nitrogens with two attached hydrogens (primary N) is 1. The quantitative estimate of drug-likeness (QED) is 0.524. The van der Waals surface area contributed by atoms with Gasteiger partial charge in [0.2, 0.25) is 5.91 Å². The number of benzene rings is 2. The predicted molar refractivity (Wildman–Crippen MR) is 146 cm³/mol. The SMILES string of the molecule is C[C@]12C=CC(=O)[N+](C)(C(c3ccccc3)c3ccccc3)[C@@H]1CC[C@@H]1[C@@H]2CC[C@]2(C)[C@@H](C(N)=O)CC[C@@H]12. The topological polar surface area (TPSA) is 60.2 Å². The van der Waals surface area contributed by atoms with E-state index in [2.05, 4.69) is 87.6 Å². The molecule has 4 heteroatoms. The lowest BCUT2D eigenvalue weighted by Gasteiger charge is -2.62. The first-order valence-electron chi connectivity index (χ1n) is 14.2. The van der Waals surface area contributed by atoms with Crippen molar-refractivity contribution in [3.63, 3.8) is 0 Å². The highest BCUT2D eigenvalue weighted by Crippen LogP contribution is 2.66. The van der Waals surface area contributed by atoms with Crippen molar-refractivity contribution in [3.05, 3.63) is 83.9 Å². The maximum atomic E-state index is 14.0. The van der Waals surface area contributed by atoms with Gasteiger partial charge >= 0.3 is 5.91 Å². The van der Waals surface area contributed by atoms with Gasteiger partial charge in [-0.25, -0.2) is 9.28 Å². The summed E-state index contributed by atoms with van der Waals surface area (Å²) < 4.78 is 0.385. The van der Waals surface area contributed by atoms with E-state index in [4.69, 9.17) is 5.73 Å². The van der Waals surface area contributed by atoms with Gasteiger partial charge in [0.1, 0.15) is 12.1 Å². The van der Waals surface area contributed by atoms with Crippen LogP contribution in [0.3, 0.4) is 0 Å². The predicted octanol–water partition coefficient (Wildman–Crippen LogP) is 6.03. The second-order valence-corrected chi connectivity index (χ2v) is 13.0. The van der Waals surface area contributed by atoms with Crippen molar-refractivity contribution in [1.29, 1.82) is 0 Å². The number of carbonyl (C=O) groups is 2. The molecule has 0 radical (unpaired) electrons. The molecule has 0 aromatic heterocycles. The molecule has 37 heavy (non-hydrogen) atoms. The Morgan fingerprint density at radius 3 is 2.11 bits per heavy atom. The first-order valence-corrected chi connectivity index (χ1v) is 14.2. The minimum atomic E-state index is -0.107. The van der Waals surface area contributed by atoms with Gasteiger partial charge in [-0.05, 0) is 55.3 Å². The highest BCUT2D eigenvalue weighted by atomic mass is 16.2. The Morgan fingerprint density at radius 2 is 1.51 bits per heavy atom. The van der Waals surface area contributed by atoms with Crippen molar-refractivity contribution in [2.24, 2.45) is 40.2 Å². The molecule has 3 saturated carbocycles. The lowest BCUT2D eigenvalue weighted by molar-refractivity contribution is -0.894. The maximum Gasteiger partial charge on any atom is 0.339 e. The fourth-order valence-electron chi connectivity index (χ4n) is 9.87. The van der Waals surface area contributed by atoms with Crippen molar-refractivity contribution in [2.45, 2.75) is 64.5 Å². The Bertz CT molecular complexity index is 1190. The number of quaternary nitrogens is 1. The zero-order chi connectivity index (χ0) is 26.0. The Hall–Kier alpha value is -2.72. The van der Waals surface area contributed by atoms with Crippen LogP contribution < -0.4 is 5.73 Å². The molecule has 8 atom stereocenters. The summed E-state index contributed by atoms with van der Waals surface area (Å²) in [5.74, 6) is 1.75. The van der Waals surface area contributed by atoms with Crippen LogP contribution in [0.1, 0.15) is 69.5 Å². The monoisotopic (exact) mass is 497 g/mol. The molecule has 4 aliphatic rings. The molecule has 2 amide bonds. The van der Waals surface area contributed by atoms with E-state index in [1.165, 1.54) is 11.1 Å². The summed E-state index contributed by atoms with van der Waals surface area (Å²) in [6, 6.07) is 21.4. The average Bonchev–Trinajstić information content (AvgIpc) is 3.26. The van der Waals surface area contributed by atoms with Crippen LogP contribution in [-0.2, 0) is 9.59 Å². The van der Waals surface area contributed by atoms with Gasteiger partial charge in [0.25, 0.3) is 0 Å². The Morgan fingerprint density at radius 1 is 0.892 bits per heavy atom. The third-order valence-electron chi connectivity index (χ3n) is 11.5. The molecule has 3 fully saturated rings. The maximum absolute atomic E-state index is 14.0. The number of fused-ring (bicyclic) bond motifs is 5. The molecule has 6 rings (SSSR count). The van der Waals surface area contributed by atoms with Crippen LogP contribution in [0.2, 0.25) is 0 Å². The number of amides is 2. The standard InChI is InChI=1S/C33H40N2O2/c1-32-20-18-26-24(25(32)15-16-27(32)31(34)37)14-17-28-33(26,2)21-19-29(36)35(28,3)30(22-10-6-4-7-11-22)23-12-8-5-9-13-23/h4-13,19,21,24-28,30H,14-18,20H2,1-3H3,(H-,34,37)/p+1/t24-,25-,26-,27+,28+,32-,33+,35?/m0/s1. The zero-order valence-corrected chi connectivity index (χ0v) is 22.5. The largest absolute Gasteiger partial charge is 0.369 e. The van der Waals surface area contributed by atoms with Crippen molar-refractivity contribution < 1.29 is 14.1 Å². The molecule has 194 valence electrons. The first-order chi connectivity index (χ1) is 17.7. The van der Waals surface area contributed by atoms with Gasteiger partial charge in [-0.15, -0.1) is 0 Å². The zero-order valence-electron chi connectivity index (χ0n) is 22.5. The molecule has 2 N–H and O–H groups in total. The molecule has 3 aliphatic carbocycles. The summed E-state index contributed by atoms with van der Waals surface area (Å²) in [5.41, 5.74) is 8.24. The van der Waals surface area contributed by atoms with E-state index in [9.17, 15) is 9.59 Å². The molecule has 0 saturated heterocycles. The summed E-state index contributed by atoms with van der Waals surface area (Å²) in [6.45, 7) is 4.77. The van der Waals surface area contributed by atoms with E-state index in [0.29, 0.717) is 22.2 Å². The number of likely N-dealkylation sites (N-methyl/N-ethyl adjacent to an activating group) is 1. The summed E-state index contributed by atoms with van der Waals surface area (Å²) in [6.07, 6.45) is 10.6. The third-order valence-corrected chi connectivity index (χ3v) is 11.5. The lowest BCUT2D eigenvalue weighted by atomic mass is 9.47. The summed E-state index contributed by atoms with van der Waals surface area (Å²) in [4.78, 5) is 26.4. The highest BCUT2D eigenvalue weighted by Gasteiger charge is 2.65. The number of carbonyl (C=O) groups excluding carboxylic acids is 2. The summed E-state index contributed by atoms with van der Waals surface area (Å²) in [7, 11) is 2.20. The number of rotatable bonds is 4. The van der Waals surface area contributed by atoms with Crippen LogP contribution >= 0.6 is 0 Å². The summed E-state index contributed by atoms with van der Waals surface area (Å²) in [5, 5.41) is 0. The van der Waals surface area contributed by atoms with Crippen LogP contribution in [0.25, 0.3) is 0 Å². The van der Waals surface area contributed by atoms with Crippen LogP contribution in [0, 0.1) is 34.5 Å². The number of hydrogen-bond acceptors (Lipinski definition) is 2. The van der Waals surface area contributed by atoms with Crippen molar-refractivity contribution in [1.82, 2.24) is 0 Å². The van der Waals surface area contributed by atoms with Gasteiger partial charge in [0, 0.05) is 35.0 Å². The van der Waals surface area contributed by atoms with Gasteiger partial charge in [0.15, 0.2) is 0 Å². The van der Waals surface area contributed by atoms with Gasteiger partial charge in [0.05, 0.1) is 7.05 Å². The molecule has 1 aliphatic heterocycles. The van der Waals surface area contributed by atoms with Crippen LogP contribution in [0.15, 0.2) is 72.8 Å². The first kappa shape index (κ1) is 24.6. The van der Waals surface area contributed by atoms with E-state index in [-0.39, 0.29) is 40.6 Å². The fourth-order valence-corrected chi connectivity index (χ4v) is 9.87. The minimum Gasteiger partial charge on any atom is -0.369 e. The van der Waals surface area contributed by atoms with Gasteiger partial charge < -0.3 is 5.73 Å². The summed E-state index contributed by atoms with van der Waals surface area (Å²) >= 11 is 0. The second-order valence-electron chi connectivity index (χ2n) is 13.0. The van der Waals surface area contributed by atoms with E-state index in [0.717, 1.165) is 38.5 Å². The van der Waals surface area contributed by atoms with E-state index in [1.54, 1.807) is 0 Å². The molecule has 0 bridgehead atoms. The molecule has 2 aromatic rings. The van der Waals surface area contributed by atoms with Crippen molar-refractivity contribution >= 4 is 11.8 Å². The van der Waals surface area contributed by atoms with Crippen LogP contribution in [-0.4, -0.2) is 29.4 Å². The van der Waals surface area contributed by atoms with E-state index >= 15 is 0 Å². The molecule has 4 nitrogen and oxygen atoms in total. The van der Waals surface area contributed by atoms with Crippen molar-refractivity contribution in [3.8, 4) is 0 Å². The van der Waals surface area contributed by atoms with E-state index in [1.807, 2.05) is 6.08 Å². The number of primary amides is 1. The molecular formula is C33H41N2O2+. The fraction of sp³-hybridized carbons (Fsp3) is 0.515. The molecule has 1 unspecified atom stereocenters. The normalized spacial score (nSPS) is 40.6. The van der Waals surface area contributed by atoms with Gasteiger partial charge in [-0.1, -0.05) is 80.6 Å². The Balaban J connectivity index is 1.43. The Kier molecular flexibility index (Phi) is 5.76. The number of nitrogens with zero attached hydrogens (tertiary/aromatic N) is 1.